The van der Waals surface area contributed by atoms with Crippen LogP contribution in [0.15, 0.2) is 16.7 Å². The lowest BCUT2D eigenvalue weighted by atomic mass is 10.3. The minimum absolute atomic E-state index is 0.522. The van der Waals surface area contributed by atoms with Gasteiger partial charge in [-0.05, 0) is 28.4 Å². The van der Waals surface area contributed by atoms with Gasteiger partial charge < -0.3 is 4.84 Å². The molecule has 76 valence electrons. The first-order valence-electron chi connectivity index (χ1n) is 4.69. The van der Waals surface area contributed by atoms with Crippen molar-refractivity contribution in [1.82, 2.24) is 4.73 Å². The highest BCUT2D eigenvalue weighted by atomic mass is 79.9. The number of rotatable bonds is 5. The van der Waals surface area contributed by atoms with Gasteiger partial charge in [-0.2, -0.15) is 9.99 Å². The van der Waals surface area contributed by atoms with Crippen molar-refractivity contribution in [3.05, 3.63) is 22.4 Å². The number of aromatic nitrogens is 1. The van der Waals surface area contributed by atoms with Crippen molar-refractivity contribution in [1.29, 1.82) is 5.26 Å². The lowest BCUT2D eigenvalue weighted by molar-refractivity contribution is 0.105. The van der Waals surface area contributed by atoms with Crippen molar-refractivity contribution >= 4 is 15.9 Å². The molecule has 0 N–H and O–H groups in total. The van der Waals surface area contributed by atoms with Gasteiger partial charge in [-0.1, -0.05) is 19.8 Å². The van der Waals surface area contributed by atoms with Crippen LogP contribution >= 0.6 is 15.9 Å². The Labute approximate surface area is 92.4 Å². The minimum atomic E-state index is 0.522. The van der Waals surface area contributed by atoms with Crippen molar-refractivity contribution in [2.24, 2.45) is 0 Å². The predicted octanol–water partition coefficient (Wildman–Crippen LogP) is 2.74. The lowest BCUT2D eigenvalue weighted by Crippen LogP contribution is -2.13. The van der Waals surface area contributed by atoms with Gasteiger partial charge in [0.25, 0.3) is 0 Å². The Hall–Kier alpha value is -0.950. The highest BCUT2D eigenvalue weighted by Gasteiger charge is 2.03. The summed E-state index contributed by atoms with van der Waals surface area (Å²) in [5.74, 6) is 0. The molecule has 0 amide bonds. The van der Waals surface area contributed by atoms with Crippen LogP contribution in [0.2, 0.25) is 0 Å². The van der Waals surface area contributed by atoms with Gasteiger partial charge in [0.15, 0.2) is 5.69 Å². The fourth-order valence-electron chi connectivity index (χ4n) is 1.12. The molecule has 0 saturated carbocycles. The van der Waals surface area contributed by atoms with E-state index in [0.717, 1.165) is 17.3 Å². The van der Waals surface area contributed by atoms with Crippen LogP contribution in [0.5, 0.6) is 0 Å². The summed E-state index contributed by atoms with van der Waals surface area (Å²) in [5, 5.41) is 8.76. The van der Waals surface area contributed by atoms with E-state index in [2.05, 4.69) is 28.9 Å². The first-order valence-corrected chi connectivity index (χ1v) is 5.48. The molecule has 1 aromatic rings. The highest BCUT2D eigenvalue weighted by Crippen LogP contribution is 2.12. The van der Waals surface area contributed by atoms with Crippen LogP contribution < -0.4 is 4.84 Å². The van der Waals surface area contributed by atoms with E-state index in [-0.39, 0.29) is 0 Å². The second-order valence-corrected chi connectivity index (χ2v) is 3.94. The van der Waals surface area contributed by atoms with E-state index in [1.807, 2.05) is 0 Å². The molecule has 4 heteroatoms. The first kappa shape index (κ1) is 11.1. The Balaban J connectivity index is 2.46. The number of nitrogens with zero attached hydrogens (tertiary/aromatic N) is 2. The van der Waals surface area contributed by atoms with Gasteiger partial charge in [-0.3, -0.25) is 0 Å². The topological polar surface area (TPSA) is 38.0 Å². The smallest absolute Gasteiger partial charge is 0.158 e. The fourth-order valence-corrected chi connectivity index (χ4v) is 1.52. The molecule has 0 radical (unpaired) electrons. The third-order valence-electron chi connectivity index (χ3n) is 1.85. The first-order chi connectivity index (χ1) is 6.77. The average molecular weight is 257 g/mol. The molecule has 0 fully saturated rings. The Morgan fingerprint density at radius 1 is 1.57 bits per heavy atom. The number of halogens is 1. The third-order valence-corrected chi connectivity index (χ3v) is 2.28. The summed E-state index contributed by atoms with van der Waals surface area (Å²) in [6, 6.07) is 3.80. The standard InChI is InChI=1S/C10H13BrN2O/c1-2-3-4-5-14-13-8-9(11)6-10(13)7-12/h6,8H,2-5H2,1H3. The Bertz CT molecular complexity index is 327. The normalized spacial score (nSPS) is 9.79. The van der Waals surface area contributed by atoms with E-state index in [9.17, 15) is 0 Å². The molecular weight excluding hydrogens is 244 g/mol. The summed E-state index contributed by atoms with van der Waals surface area (Å²) in [6.45, 7) is 2.80. The van der Waals surface area contributed by atoms with Crippen molar-refractivity contribution in [3.8, 4) is 6.07 Å². The van der Waals surface area contributed by atoms with E-state index in [4.69, 9.17) is 10.1 Å². The quantitative estimate of drug-likeness (QED) is 0.760. The highest BCUT2D eigenvalue weighted by molar-refractivity contribution is 9.10. The molecule has 0 atom stereocenters. The average Bonchev–Trinajstić information content (AvgIpc) is 2.54. The zero-order chi connectivity index (χ0) is 10.4. The fraction of sp³-hybridized carbons (Fsp3) is 0.500. The van der Waals surface area contributed by atoms with Crippen LogP contribution in [0.3, 0.4) is 0 Å². The molecule has 0 aliphatic carbocycles. The summed E-state index contributed by atoms with van der Waals surface area (Å²) >= 11 is 3.29. The lowest BCUT2D eigenvalue weighted by Gasteiger charge is -2.06. The Morgan fingerprint density at radius 2 is 2.36 bits per heavy atom. The summed E-state index contributed by atoms with van der Waals surface area (Å²) in [6.07, 6.45) is 5.11. The second-order valence-electron chi connectivity index (χ2n) is 3.02. The molecule has 1 heterocycles. The molecular formula is C10H13BrN2O. The maximum absolute atomic E-state index is 8.76. The van der Waals surface area contributed by atoms with Gasteiger partial charge in [0.05, 0.1) is 6.20 Å². The van der Waals surface area contributed by atoms with E-state index in [1.54, 1.807) is 12.3 Å². The number of hydrogen-bond donors (Lipinski definition) is 0. The largest absolute Gasteiger partial charge is 0.413 e. The van der Waals surface area contributed by atoms with Crippen LogP contribution in [-0.4, -0.2) is 11.3 Å². The Morgan fingerprint density at radius 3 is 3.00 bits per heavy atom. The predicted molar refractivity (Wildman–Crippen MR) is 57.8 cm³/mol. The van der Waals surface area contributed by atoms with Crippen LogP contribution in [0, 0.1) is 11.3 Å². The summed E-state index contributed by atoms with van der Waals surface area (Å²) in [7, 11) is 0. The van der Waals surface area contributed by atoms with Gasteiger partial charge in [-0.25, -0.2) is 0 Å². The van der Waals surface area contributed by atoms with Gasteiger partial charge >= 0.3 is 0 Å². The molecule has 0 aliphatic heterocycles. The van der Waals surface area contributed by atoms with Crippen molar-refractivity contribution in [3.63, 3.8) is 0 Å². The molecule has 0 aliphatic rings. The molecule has 0 spiro atoms. The zero-order valence-corrected chi connectivity index (χ0v) is 9.75. The second kappa shape index (κ2) is 5.71. The maximum atomic E-state index is 8.76. The molecule has 0 aromatic carbocycles. The van der Waals surface area contributed by atoms with Gasteiger partial charge in [0, 0.05) is 4.47 Å². The van der Waals surface area contributed by atoms with Gasteiger partial charge in [0.2, 0.25) is 0 Å². The van der Waals surface area contributed by atoms with E-state index in [1.165, 1.54) is 11.2 Å². The van der Waals surface area contributed by atoms with Crippen molar-refractivity contribution in [2.75, 3.05) is 6.61 Å². The van der Waals surface area contributed by atoms with Crippen LogP contribution in [-0.2, 0) is 0 Å². The van der Waals surface area contributed by atoms with Gasteiger partial charge in [-0.15, -0.1) is 0 Å². The minimum Gasteiger partial charge on any atom is -0.413 e. The van der Waals surface area contributed by atoms with E-state index < -0.39 is 0 Å². The third kappa shape index (κ3) is 3.08. The molecule has 0 bridgehead atoms. The van der Waals surface area contributed by atoms with Gasteiger partial charge in [0.1, 0.15) is 12.7 Å². The molecule has 0 unspecified atom stereocenters. The number of hydrogen-bond acceptors (Lipinski definition) is 2. The molecule has 0 saturated heterocycles. The molecule has 14 heavy (non-hydrogen) atoms. The molecule has 3 nitrogen and oxygen atoms in total. The monoisotopic (exact) mass is 256 g/mol. The molecule has 1 rings (SSSR count). The maximum Gasteiger partial charge on any atom is 0.158 e. The SMILES string of the molecule is CCCCCOn1cc(Br)cc1C#N. The zero-order valence-electron chi connectivity index (χ0n) is 8.16. The molecule has 1 aromatic heterocycles. The van der Waals surface area contributed by atoms with Crippen LogP contribution in [0.4, 0.5) is 0 Å². The van der Waals surface area contributed by atoms with E-state index in [0.29, 0.717) is 12.3 Å². The van der Waals surface area contributed by atoms with Crippen molar-refractivity contribution < 1.29 is 4.84 Å². The summed E-state index contributed by atoms with van der Waals surface area (Å²) in [4.78, 5) is 5.42. The van der Waals surface area contributed by atoms with E-state index >= 15 is 0 Å². The van der Waals surface area contributed by atoms with Crippen molar-refractivity contribution in [2.45, 2.75) is 26.2 Å². The Kier molecular flexibility index (Phi) is 4.54. The summed E-state index contributed by atoms with van der Waals surface area (Å²) in [5.41, 5.74) is 0.522. The number of unbranched alkanes of at least 4 members (excludes halogenated alkanes) is 2. The summed E-state index contributed by atoms with van der Waals surface area (Å²) < 4.78 is 2.38. The number of nitriles is 1. The van der Waals surface area contributed by atoms with Crippen LogP contribution in [0.25, 0.3) is 0 Å². The van der Waals surface area contributed by atoms with Crippen LogP contribution in [0.1, 0.15) is 31.9 Å².